The molecule has 0 bridgehead atoms. The standard InChI is InChI=1S/C14H15F2N/c1-9(2)13-6-4-10(3)17(13)14-7-5-11(15)8-12(14)16/h4-9H,1-3H3. The Bertz CT molecular complexity index is 541. The first-order valence-electron chi connectivity index (χ1n) is 5.64. The molecule has 0 N–H and O–H groups in total. The zero-order valence-electron chi connectivity index (χ0n) is 10.2. The van der Waals surface area contributed by atoms with Gasteiger partial charge in [0.2, 0.25) is 0 Å². The highest BCUT2D eigenvalue weighted by Gasteiger charge is 2.13. The van der Waals surface area contributed by atoms with Gasteiger partial charge >= 0.3 is 0 Å². The molecule has 0 amide bonds. The van der Waals surface area contributed by atoms with Crippen LogP contribution in [0.3, 0.4) is 0 Å². The van der Waals surface area contributed by atoms with E-state index in [1.165, 1.54) is 12.1 Å². The Labute approximate surface area is 99.7 Å². The molecule has 0 fully saturated rings. The number of benzene rings is 1. The van der Waals surface area contributed by atoms with Crippen LogP contribution >= 0.6 is 0 Å². The van der Waals surface area contributed by atoms with Crippen LogP contribution in [0.1, 0.15) is 31.2 Å². The van der Waals surface area contributed by atoms with Crippen molar-refractivity contribution in [2.24, 2.45) is 0 Å². The van der Waals surface area contributed by atoms with Crippen LogP contribution in [0.15, 0.2) is 30.3 Å². The lowest BCUT2D eigenvalue weighted by Gasteiger charge is -2.15. The summed E-state index contributed by atoms with van der Waals surface area (Å²) in [6.45, 7) is 6.01. The molecule has 3 heteroatoms. The third-order valence-electron chi connectivity index (χ3n) is 2.85. The molecule has 2 aromatic rings. The SMILES string of the molecule is Cc1ccc(C(C)C)n1-c1ccc(F)cc1F. The van der Waals surface area contributed by atoms with E-state index in [1.54, 1.807) is 0 Å². The molecule has 0 aliphatic carbocycles. The predicted molar refractivity (Wildman–Crippen MR) is 64.5 cm³/mol. The monoisotopic (exact) mass is 235 g/mol. The molecular weight excluding hydrogens is 220 g/mol. The molecule has 1 aromatic carbocycles. The van der Waals surface area contributed by atoms with Crippen LogP contribution in [0, 0.1) is 18.6 Å². The lowest BCUT2D eigenvalue weighted by atomic mass is 10.1. The first-order chi connectivity index (χ1) is 8.00. The van der Waals surface area contributed by atoms with Crippen molar-refractivity contribution >= 4 is 0 Å². The summed E-state index contributed by atoms with van der Waals surface area (Å²) in [6.07, 6.45) is 0. The Morgan fingerprint density at radius 3 is 2.35 bits per heavy atom. The molecular formula is C14H15F2N. The van der Waals surface area contributed by atoms with E-state index in [-0.39, 0.29) is 5.92 Å². The van der Waals surface area contributed by atoms with E-state index in [2.05, 4.69) is 0 Å². The van der Waals surface area contributed by atoms with E-state index >= 15 is 0 Å². The normalized spacial score (nSPS) is 11.2. The number of aryl methyl sites for hydroxylation is 1. The lowest BCUT2D eigenvalue weighted by molar-refractivity contribution is 0.574. The number of hydrogen-bond acceptors (Lipinski definition) is 0. The van der Waals surface area contributed by atoms with Crippen LogP contribution < -0.4 is 0 Å². The second kappa shape index (κ2) is 4.32. The second-order valence-corrected chi connectivity index (χ2v) is 4.49. The summed E-state index contributed by atoms with van der Waals surface area (Å²) in [6, 6.07) is 7.59. The van der Waals surface area contributed by atoms with Gasteiger partial charge in [-0.05, 0) is 37.1 Å². The number of hydrogen-bond donors (Lipinski definition) is 0. The molecule has 2 rings (SSSR count). The zero-order chi connectivity index (χ0) is 12.6. The number of aromatic nitrogens is 1. The highest BCUT2D eigenvalue weighted by Crippen LogP contribution is 2.25. The van der Waals surface area contributed by atoms with Crippen molar-refractivity contribution in [1.29, 1.82) is 0 Å². The summed E-state index contributed by atoms with van der Waals surface area (Å²) in [4.78, 5) is 0. The fourth-order valence-corrected chi connectivity index (χ4v) is 2.00. The van der Waals surface area contributed by atoms with E-state index in [1.807, 2.05) is 37.5 Å². The van der Waals surface area contributed by atoms with E-state index < -0.39 is 11.6 Å². The summed E-state index contributed by atoms with van der Waals surface area (Å²) in [7, 11) is 0. The lowest BCUT2D eigenvalue weighted by Crippen LogP contribution is -2.06. The summed E-state index contributed by atoms with van der Waals surface area (Å²) in [5.74, 6) is -0.804. The Morgan fingerprint density at radius 2 is 1.76 bits per heavy atom. The molecule has 0 saturated carbocycles. The van der Waals surface area contributed by atoms with Gasteiger partial charge in [-0.15, -0.1) is 0 Å². The maximum absolute atomic E-state index is 13.8. The summed E-state index contributed by atoms with van der Waals surface area (Å²) < 4.78 is 28.5. The van der Waals surface area contributed by atoms with Crippen LogP contribution in [0.25, 0.3) is 5.69 Å². The van der Waals surface area contributed by atoms with E-state index in [4.69, 9.17) is 0 Å². The van der Waals surface area contributed by atoms with Gasteiger partial charge in [0.15, 0.2) is 0 Å². The van der Waals surface area contributed by atoms with Crippen LogP contribution in [-0.2, 0) is 0 Å². The Kier molecular flexibility index (Phi) is 3.01. The summed E-state index contributed by atoms with van der Waals surface area (Å²) in [5.41, 5.74) is 2.37. The quantitative estimate of drug-likeness (QED) is 0.735. The number of halogens is 2. The van der Waals surface area contributed by atoms with Crippen molar-refractivity contribution in [3.8, 4) is 5.69 Å². The number of nitrogens with zero attached hydrogens (tertiary/aromatic N) is 1. The minimum absolute atomic E-state index is 0.285. The van der Waals surface area contributed by atoms with Gasteiger partial charge in [0.05, 0.1) is 5.69 Å². The van der Waals surface area contributed by atoms with Crippen LogP contribution in [0.4, 0.5) is 8.78 Å². The molecule has 0 radical (unpaired) electrons. The number of rotatable bonds is 2. The van der Waals surface area contributed by atoms with Gasteiger partial charge < -0.3 is 4.57 Å². The molecule has 0 unspecified atom stereocenters. The van der Waals surface area contributed by atoms with Crippen molar-refractivity contribution in [2.75, 3.05) is 0 Å². The van der Waals surface area contributed by atoms with E-state index in [0.717, 1.165) is 17.5 Å². The molecule has 0 aliphatic rings. The molecule has 0 spiro atoms. The smallest absolute Gasteiger partial charge is 0.150 e. The summed E-state index contributed by atoms with van der Waals surface area (Å²) >= 11 is 0. The first kappa shape index (κ1) is 11.8. The minimum Gasteiger partial charge on any atom is -0.315 e. The average Bonchev–Trinajstić information content (AvgIpc) is 2.60. The Morgan fingerprint density at radius 1 is 1.06 bits per heavy atom. The second-order valence-electron chi connectivity index (χ2n) is 4.49. The van der Waals surface area contributed by atoms with Crippen molar-refractivity contribution in [3.05, 3.63) is 53.4 Å². The van der Waals surface area contributed by atoms with E-state index in [9.17, 15) is 8.78 Å². The minimum atomic E-state index is -0.554. The first-order valence-corrected chi connectivity index (χ1v) is 5.64. The van der Waals surface area contributed by atoms with Gasteiger partial charge in [-0.1, -0.05) is 13.8 Å². The van der Waals surface area contributed by atoms with Gasteiger partial charge in [0.1, 0.15) is 11.6 Å². The third-order valence-corrected chi connectivity index (χ3v) is 2.85. The molecule has 1 nitrogen and oxygen atoms in total. The largest absolute Gasteiger partial charge is 0.315 e. The molecule has 1 aromatic heterocycles. The van der Waals surface area contributed by atoms with Gasteiger partial charge in [-0.2, -0.15) is 0 Å². The van der Waals surface area contributed by atoms with Crippen molar-refractivity contribution in [3.63, 3.8) is 0 Å². The molecule has 0 aliphatic heterocycles. The highest BCUT2D eigenvalue weighted by atomic mass is 19.1. The topological polar surface area (TPSA) is 4.93 Å². The molecule has 90 valence electrons. The maximum atomic E-state index is 13.8. The predicted octanol–water partition coefficient (Wildman–Crippen LogP) is 4.19. The maximum Gasteiger partial charge on any atom is 0.150 e. The van der Waals surface area contributed by atoms with Crippen molar-refractivity contribution in [2.45, 2.75) is 26.7 Å². The van der Waals surface area contributed by atoms with Crippen molar-refractivity contribution < 1.29 is 8.78 Å². The molecule has 1 heterocycles. The van der Waals surface area contributed by atoms with Crippen LogP contribution in [0.5, 0.6) is 0 Å². The van der Waals surface area contributed by atoms with Crippen molar-refractivity contribution in [1.82, 2.24) is 4.57 Å². The molecule has 0 atom stereocenters. The summed E-state index contributed by atoms with van der Waals surface area (Å²) in [5, 5.41) is 0. The third kappa shape index (κ3) is 2.09. The van der Waals surface area contributed by atoms with Gasteiger partial charge in [-0.25, -0.2) is 8.78 Å². The highest BCUT2D eigenvalue weighted by molar-refractivity contribution is 5.40. The zero-order valence-corrected chi connectivity index (χ0v) is 10.2. The molecule has 17 heavy (non-hydrogen) atoms. The Balaban J connectivity index is 2.63. The fourth-order valence-electron chi connectivity index (χ4n) is 2.00. The Hall–Kier alpha value is -1.64. The fraction of sp³-hybridized carbons (Fsp3) is 0.286. The van der Waals surface area contributed by atoms with E-state index in [0.29, 0.717) is 5.69 Å². The average molecular weight is 235 g/mol. The molecule has 0 saturated heterocycles. The van der Waals surface area contributed by atoms with Crippen LogP contribution in [0.2, 0.25) is 0 Å². The van der Waals surface area contributed by atoms with Crippen LogP contribution in [-0.4, -0.2) is 4.57 Å². The van der Waals surface area contributed by atoms with Gasteiger partial charge in [-0.3, -0.25) is 0 Å². The van der Waals surface area contributed by atoms with Gasteiger partial charge in [0, 0.05) is 17.5 Å². The van der Waals surface area contributed by atoms with Gasteiger partial charge in [0.25, 0.3) is 0 Å².